The van der Waals surface area contributed by atoms with Crippen LogP contribution in [0.4, 0.5) is 0 Å². The van der Waals surface area contributed by atoms with E-state index in [1.165, 1.54) is 5.56 Å². The average molecular weight is 439 g/mol. The molecule has 2 aliphatic heterocycles. The Balaban J connectivity index is 1.60. The average Bonchev–Trinajstić information content (AvgIpc) is 3.20. The summed E-state index contributed by atoms with van der Waals surface area (Å²) in [5, 5.41) is 8.10. The fraction of sp³-hybridized carbons (Fsp3) is 0.208. The second-order valence-electron chi connectivity index (χ2n) is 7.56. The summed E-state index contributed by atoms with van der Waals surface area (Å²) in [5.74, 6) is 1.46. The third kappa shape index (κ3) is 3.30. The highest BCUT2D eigenvalue weighted by molar-refractivity contribution is 6.35. The number of hydrogen-bond acceptors (Lipinski definition) is 4. The van der Waals surface area contributed by atoms with Crippen molar-refractivity contribution >= 4 is 28.9 Å². The Morgan fingerprint density at radius 1 is 1.03 bits per heavy atom. The Morgan fingerprint density at radius 2 is 1.77 bits per heavy atom. The predicted octanol–water partition coefficient (Wildman–Crippen LogP) is 6.55. The molecule has 0 unspecified atom stereocenters. The first-order chi connectivity index (χ1) is 14.5. The maximum absolute atomic E-state index is 6.52. The normalized spacial score (nSPS) is 19.6. The van der Waals surface area contributed by atoms with E-state index < -0.39 is 6.23 Å². The van der Waals surface area contributed by atoms with Crippen LogP contribution in [0.3, 0.4) is 0 Å². The van der Waals surface area contributed by atoms with Gasteiger partial charge in [0.1, 0.15) is 11.5 Å². The molecule has 0 aliphatic carbocycles. The Labute approximate surface area is 185 Å². The van der Waals surface area contributed by atoms with Gasteiger partial charge in [-0.2, -0.15) is 5.10 Å². The highest BCUT2D eigenvalue weighted by Crippen LogP contribution is 2.50. The lowest BCUT2D eigenvalue weighted by atomic mass is 9.95. The highest BCUT2D eigenvalue weighted by Gasteiger charge is 2.42. The number of hydrogen-bond donors (Lipinski definition) is 0. The van der Waals surface area contributed by atoms with Crippen LogP contribution in [0.1, 0.15) is 40.9 Å². The van der Waals surface area contributed by atoms with E-state index in [-0.39, 0.29) is 6.04 Å². The molecule has 0 saturated heterocycles. The van der Waals surface area contributed by atoms with Gasteiger partial charge in [-0.05, 0) is 48.9 Å². The maximum Gasteiger partial charge on any atom is 0.213 e. The van der Waals surface area contributed by atoms with Gasteiger partial charge in [0.05, 0.1) is 23.9 Å². The number of halogens is 2. The lowest BCUT2D eigenvalue weighted by Gasteiger charge is -2.38. The lowest BCUT2D eigenvalue weighted by molar-refractivity contribution is -0.0189. The Morgan fingerprint density at radius 3 is 2.47 bits per heavy atom. The summed E-state index contributed by atoms with van der Waals surface area (Å²) in [7, 11) is 1.65. The molecule has 0 N–H and O–H groups in total. The number of hydrazone groups is 1. The first kappa shape index (κ1) is 19.3. The molecule has 152 valence electrons. The van der Waals surface area contributed by atoms with E-state index >= 15 is 0 Å². The van der Waals surface area contributed by atoms with Crippen molar-refractivity contribution in [2.75, 3.05) is 7.11 Å². The van der Waals surface area contributed by atoms with Crippen LogP contribution < -0.4 is 9.47 Å². The molecule has 3 aromatic carbocycles. The van der Waals surface area contributed by atoms with Crippen LogP contribution in [0.5, 0.6) is 11.5 Å². The Hall–Kier alpha value is -2.69. The largest absolute Gasteiger partial charge is 0.497 e. The van der Waals surface area contributed by atoms with Gasteiger partial charge in [-0.15, -0.1) is 0 Å². The SMILES string of the molecule is COc1ccc([C@@H]2Oc3c(Cl)cc(Cl)cc3[C@@H]3CC(c4ccc(C)cc4)=NN32)cc1. The van der Waals surface area contributed by atoms with Crippen molar-refractivity contribution in [3.05, 3.63) is 93.0 Å². The van der Waals surface area contributed by atoms with Gasteiger partial charge in [0.15, 0.2) is 0 Å². The fourth-order valence-corrected chi connectivity index (χ4v) is 4.58. The van der Waals surface area contributed by atoms with Crippen LogP contribution in [0.15, 0.2) is 65.8 Å². The lowest BCUT2D eigenvalue weighted by Crippen LogP contribution is -2.33. The monoisotopic (exact) mass is 438 g/mol. The van der Waals surface area contributed by atoms with Gasteiger partial charge >= 0.3 is 0 Å². The van der Waals surface area contributed by atoms with E-state index in [2.05, 4.69) is 31.2 Å². The van der Waals surface area contributed by atoms with Crippen molar-refractivity contribution in [2.24, 2.45) is 5.10 Å². The van der Waals surface area contributed by atoms with Gasteiger partial charge in [-0.3, -0.25) is 0 Å². The van der Waals surface area contributed by atoms with Crippen molar-refractivity contribution in [1.82, 2.24) is 5.01 Å². The summed E-state index contributed by atoms with van der Waals surface area (Å²) in [6, 6.07) is 19.9. The van der Waals surface area contributed by atoms with Crippen molar-refractivity contribution in [3.8, 4) is 11.5 Å². The number of ether oxygens (including phenoxy) is 2. The van der Waals surface area contributed by atoms with Crippen molar-refractivity contribution in [1.29, 1.82) is 0 Å². The molecule has 3 aromatic rings. The minimum atomic E-state index is -0.393. The van der Waals surface area contributed by atoms with Gasteiger partial charge in [0, 0.05) is 22.6 Å². The van der Waals surface area contributed by atoms with Crippen LogP contribution in [-0.4, -0.2) is 17.8 Å². The standard InChI is InChI=1S/C24H20Cl2N2O2/c1-14-3-5-15(6-4-14)21-13-22-19-11-17(25)12-20(26)23(19)30-24(28(22)27-21)16-7-9-18(29-2)10-8-16/h3-12,22,24H,13H2,1-2H3/t22-,24-/m0/s1. The molecule has 0 saturated carbocycles. The molecule has 5 rings (SSSR count). The van der Waals surface area contributed by atoms with Crippen LogP contribution in [-0.2, 0) is 0 Å². The molecule has 0 fully saturated rings. The van der Waals surface area contributed by atoms with E-state index in [0.717, 1.165) is 34.6 Å². The summed E-state index contributed by atoms with van der Waals surface area (Å²) in [6.45, 7) is 2.08. The minimum absolute atomic E-state index is 0.00615. The number of benzene rings is 3. The van der Waals surface area contributed by atoms with Crippen LogP contribution in [0.25, 0.3) is 0 Å². The van der Waals surface area contributed by atoms with Gasteiger partial charge in [-0.1, -0.05) is 53.0 Å². The molecule has 2 atom stereocenters. The molecule has 2 heterocycles. The van der Waals surface area contributed by atoms with Gasteiger partial charge in [-0.25, -0.2) is 5.01 Å². The second-order valence-corrected chi connectivity index (χ2v) is 8.41. The first-order valence-corrected chi connectivity index (χ1v) is 10.5. The van der Waals surface area contributed by atoms with Gasteiger partial charge in [0.25, 0.3) is 0 Å². The smallest absolute Gasteiger partial charge is 0.213 e. The molecule has 0 spiro atoms. The number of nitrogens with zero attached hydrogens (tertiary/aromatic N) is 2. The molecule has 6 heteroatoms. The molecule has 0 aromatic heterocycles. The number of fused-ring (bicyclic) bond motifs is 3. The number of aryl methyl sites for hydroxylation is 1. The van der Waals surface area contributed by atoms with E-state index in [1.54, 1.807) is 13.2 Å². The summed E-state index contributed by atoms with van der Waals surface area (Å²) in [6.07, 6.45) is 0.359. The van der Waals surface area contributed by atoms with Crippen molar-refractivity contribution < 1.29 is 9.47 Å². The zero-order chi connectivity index (χ0) is 20.8. The van der Waals surface area contributed by atoms with E-state index in [1.807, 2.05) is 35.3 Å². The summed E-state index contributed by atoms with van der Waals surface area (Å²) in [5.41, 5.74) is 5.29. The number of methoxy groups -OCH3 is 1. The molecular formula is C24H20Cl2N2O2. The first-order valence-electron chi connectivity index (χ1n) is 9.76. The minimum Gasteiger partial charge on any atom is -0.497 e. The third-order valence-electron chi connectivity index (χ3n) is 5.59. The zero-order valence-corrected chi connectivity index (χ0v) is 18.1. The van der Waals surface area contributed by atoms with Crippen LogP contribution in [0.2, 0.25) is 10.0 Å². The number of rotatable bonds is 3. The van der Waals surface area contributed by atoms with Crippen molar-refractivity contribution in [2.45, 2.75) is 25.6 Å². The third-order valence-corrected chi connectivity index (χ3v) is 6.09. The van der Waals surface area contributed by atoms with Gasteiger partial charge < -0.3 is 9.47 Å². The highest BCUT2D eigenvalue weighted by atomic mass is 35.5. The molecule has 30 heavy (non-hydrogen) atoms. The van der Waals surface area contributed by atoms with E-state index in [4.69, 9.17) is 37.8 Å². The summed E-state index contributed by atoms with van der Waals surface area (Å²) >= 11 is 12.8. The molecule has 0 amide bonds. The summed E-state index contributed by atoms with van der Waals surface area (Å²) in [4.78, 5) is 0. The van der Waals surface area contributed by atoms with E-state index in [9.17, 15) is 0 Å². The van der Waals surface area contributed by atoms with Crippen LogP contribution in [0, 0.1) is 6.92 Å². The predicted molar refractivity (Wildman–Crippen MR) is 120 cm³/mol. The Bertz CT molecular complexity index is 1130. The second kappa shape index (κ2) is 7.53. The summed E-state index contributed by atoms with van der Waals surface area (Å²) < 4.78 is 11.7. The molecule has 2 aliphatic rings. The molecule has 0 bridgehead atoms. The topological polar surface area (TPSA) is 34.1 Å². The van der Waals surface area contributed by atoms with Gasteiger partial charge in [0.2, 0.25) is 6.23 Å². The molecule has 4 nitrogen and oxygen atoms in total. The maximum atomic E-state index is 6.52. The molecular weight excluding hydrogens is 419 g/mol. The zero-order valence-electron chi connectivity index (χ0n) is 16.6. The quantitative estimate of drug-likeness (QED) is 0.464. The fourth-order valence-electron chi connectivity index (χ4n) is 4.02. The van der Waals surface area contributed by atoms with E-state index in [0.29, 0.717) is 15.8 Å². The van der Waals surface area contributed by atoms with Crippen molar-refractivity contribution in [3.63, 3.8) is 0 Å². The Kier molecular flexibility index (Phi) is 4.84. The van der Waals surface area contributed by atoms with Crippen LogP contribution >= 0.6 is 23.2 Å². The molecule has 0 radical (unpaired) electrons.